The topological polar surface area (TPSA) is 74.5 Å². The maximum absolute atomic E-state index is 5.67. The number of hydrogen-bond donors (Lipinski definition) is 1. The van der Waals surface area contributed by atoms with Crippen LogP contribution in [0.4, 0.5) is 0 Å². The van der Waals surface area contributed by atoms with Crippen molar-refractivity contribution >= 4 is 0 Å². The number of nitrogen functional groups attached to an aromatic ring is 1. The lowest BCUT2D eigenvalue weighted by Gasteiger charge is -2.02. The van der Waals surface area contributed by atoms with Gasteiger partial charge >= 0.3 is 0 Å². The van der Waals surface area contributed by atoms with Gasteiger partial charge in [0, 0.05) is 5.69 Å². The van der Waals surface area contributed by atoms with Crippen LogP contribution in [0.2, 0.25) is 0 Å². The zero-order valence-electron chi connectivity index (χ0n) is 9.10. The lowest BCUT2D eigenvalue weighted by molar-refractivity contribution is 0.742. The zero-order chi connectivity index (χ0) is 11.0. The fraction of sp³-hybridized carbons (Fsp3) is 0.444. The van der Waals surface area contributed by atoms with Gasteiger partial charge < -0.3 is 5.84 Å². The fourth-order valence-electron chi connectivity index (χ4n) is 1.77. The Balaban J connectivity index is 2.60. The summed E-state index contributed by atoms with van der Waals surface area (Å²) in [4.78, 5) is 0. The molecule has 0 fully saturated rings. The summed E-state index contributed by atoms with van der Waals surface area (Å²) in [6, 6.07) is 0. The average molecular weight is 206 g/mol. The van der Waals surface area contributed by atoms with E-state index in [2.05, 4.69) is 22.2 Å². The van der Waals surface area contributed by atoms with Crippen molar-refractivity contribution < 1.29 is 0 Å². The normalized spacial score (nSPS) is 10.9. The standard InChI is InChI=1S/C9H14N6/c1-4-8-6(2)13-15(7(8)3)9-12-11-5-14(9)10/h5H,4,10H2,1-3H3. The van der Waals surface area contributed by atoms with Crippen LogP contribution in [0, 0.1) is 13.8 Å². The number of rotatable bonds is 2. The van der Waals surface area contributed by atoms with Crippen molar-refractivity contribution in [3.63, 3.8) is 0 Å². The molecule has 0 aromatic carbocycles. The van der Waals surface area contributed by atoms with Crippen LogP contribution < -0.4 is 5.84 Å². The first-order valence-corrected chi connectivity index (χ1v) is 4.85. The smallest absolute Gasteiger partial charge is 0.270 e. The summed E-state index contributed by atoms with van der Waals surface area (Å²) < 4.78 is 3.08. The highest BCUT2D eigenvalue weighted by Crippen LogP contribution is 2.15. The monoisotopic (exact) mass is 206 g/mol. The molecule has 0 saturated heterocycles. The molecule has 0 atom stereocenters. The number of aryl methyl sites for hydroxylation is 1. The summed E-state index contributed by atoms with van der Waals surface area (Å²) in [5.74, 6) is 6.21. The Morgan fingerprint density at radius 2 is 2.13 bits per heavy atom. The molecule has 0 saturated carbocycles. The molecule has 80 valence electrons. The van der Waals surface area contributed by atoms with Gasteiger partial charge in [0.15, 0.2) is 0 Å². The second-order valence-electron chi connectivity index (χ2n) is 3.45. The van der Waals surface area contributed by atoms with Gasteiger partial charge in [0.25, 0.3) is 5.95 Å². The summed E-state index contributed by atoms with van der Waals surface area (Å²) in [6.07, 6.45) is 2.41. The molecular formula is C9H14N6. The fourth-order valence-corrected chi connectivity index (χ4v) is 1.77. The van der Waals surface area contributed by atoms with E-state index in [0.29, 0.717) is 5.95 Å². The maximum atomic E-state index is 5.67. The third-order valence-electron chi connectivity index (χ3n) is 2.54. The first kappa shape index (κ1) is 9.70. The number of hydrogen-bond acceptors (Lipinski definition) is 4. The summed E-state index contributed by atoms with van der Waals surface area (Å²) in [5.41, 5.74) is 3.31. The molecular weight excluding hydrogens is 192 g/mol. The number of aromatic nitrogens is 5. The third kappa shape index (κ3) is 1.38. The Labute approximate surface area is 87.7 Å². The second kappa shape index (κ2) is 3.38. The Bertz CT molecular complexity index is 481. The molecule has 2 aromatic heterocycles. The van der Waals surface area contributed by atoms with Crippen molar-refractivity contribution in [2.24, 2.45) is 0 Å². The van der Waals surface area contributed by atoms with E-state index in [1.807, 2.05) is 13.8 Å². The van der Waals surface area contributed by atoms with Crippen LogP contribution in [-0.2, 0) is 6.42 Å². The van der Waals surface area contributed by atoms with E-state index < -0.39 is 0 Å². The predicted molar refractivity (Wildman–Crippen MR) is 56.1 cm³/mol. The maximum Gasteiger partial charge on any atom is 0.270 e. The van der Waals surface area contributed by atoms with Crippen molar-refractivity contribution in [1.82, 2.24) is 24.7 Å². The van der Waals surface area contributed by atoms with Gasteiger partial charge in [-0.3, -0.25) is 0 Å². The van der Waals surface area contributed by atoms with E-state index in [0.717, 1.165) is 17.8 Å². The van der Waals surface area contributed by atoms with Gasteiger partial charge in [-0.2, -0.15) is 5.10 Å². The van der Waals surface area contributed by atoms with Crippen LogP contribution in [0.5, 0.6) is 0 Å². The minimum Gasteiger partial charge on any atom is -0.335 e. The van der Waals surface area contributed by atoms with Crippen molar-refractivity contribution in [2.45, 2.75) is 27.2 Å². The van der Waals surface area contributed by atoms with Gasteiger partial charge in [0.05, 0.1) is 5.69 Å². The molecule has 15 heavy (non-hydrogen) atoms. The van der Waals surface area contributed by atoms with Crippen LogP contribution in [0.3, 0.4) is 0 Å². The van der Waals surface area contributed by atoms with Crippen LogP contribution in [-0.4, -0.2) is 24.7 Å². The molecule has 0 aliphatic rings. The van der Waals surface area contributed by atoms with Gasteiger partial charge in [-0.1, -0.05) is 6.92 Å². The number of nitrogens with two attached hydrogens (primary N) is 1. The Kier molecular flexibility index (Phi) is 2.18. The highest BCUT2D eigenvalue weighted by Gasteiger charge is 2.14. The molecule has 6 nitrogen and oxygen atoms in total. The van der Waals surface area contributed by atoms with Crippen LogP contribution in [0.1, 0.15) is 23.9 Å². The summed E-state index contributed by atoms with van der Waals surface area (Å²) in [7, 11) is 0. The van der Waals surface area contributed by atoms with E-state index in [4.69, 9.17) is 5.84 Å². The highest BCUT2D eigenvalue weighted by molar-refractivity contribution is 5.29. The molecule has 2 aromatic rings. The van der Waals surface area contributed by atoms with Crippen LogP contribution in [0.25, 0.3) is 5.95 Å². The van der Waals surface area contributed by atoms with E-state index in [-0.39, 0.29) is 0 Å². The van der Waals surface area contributed by atoms with Gasteiger partial charge in [0.2, 0.25) is 0 Å². The minimum absolute atomic E-state index is 0.537. The SMILES string of the molecule is CCc1c(C)nn(-c2nncn2N)c1C. The largest absolute Gasteiger partial charge is 0.335 e. The molecule has 0 aliphatic heterocycles. The lowest BCUT2D eigenvalue weighted by Crippen LogP contribution is -2.15. The molecule has 6 heteroatoms. The van der Waals surface area contributed by atoms with Crippen molar-refractivity contribution in [3.8, 4) is 5.95 Å². The Hall–Kier alpha value is -1.85. The van der Waals surface area contributed by atoms with Crippen molar-refractivity contribution in [2.75, 3.05) is 5.84 Å². The van der Waals surface area contributed by atoms with E-state index in [1.165, 1.54) is 16.6 Å². The molecule has 0 spiro atoms. The van der Waals surface area contributed by atoms with E-state index >= 15 is 0 Å². The summed E-state index contributed by atoms with van der Waals surface area (Å²) in [6.45, 7) is 6.10. The molecule has 0 aliphatic carbocycles. The molecule has 2 rings (SSSR count). The molecule has 0 radical (unpaired) electrons. The van der Waals surface area contributed by atoms with Crippen LogP contribution >= 0.6 is 0 Å². The van der Waals surface area contributed by atoms with Gasteiger partial charge in [-0.05, 0) is 25.8 Å². The second-order valence-corrected chi connectivity index (χ2v) is 3.45. The molecule has 0 amide bonds. The molecule has 2 heterocycles. The van der Waals surface area contributed by atoms with Crippen LogP contribution in [0.15, 0.2) is 6.33 Å². The van der Waals surface area contributed by atoms with Gasteiger partial charge in [0.1, 0.15) is 6.33 Å². The quantitative estimate of drug-likeness (QED) is 0.720. The predicted octanol–water partition coefficient (Wildman–Crippen LogP) is 0.357. The number of nitrogens with zero attached hydrogens (tertiary/aromatic N) is 5. The van der Waals surface area contributed by atoms with E-state index in [1.54, 1.807) is 4.68 Å². The molecule has 0 unspecified atom stereocenters. The van der Waals surface area contributed by atoms with Gasteiger partial charge in [-0.25, -0.2) is 9.36 Å². The minimum atomic E-state index is 0.537. The summed E-state index contributed by atoms with van der Waals surface area (Å²) in [5, 5.41) is 12.1. The van der Waals surface area contributed by atoms with E-state index in [9.17, 15) is 0 Å². The van der Waals surface area contributed by atoms with Crippen molar-refractivity contribution in [3.05, 3.63) is 23.3 Å². The molecule has 0 bridgehead atoms. The average Bonchev–Trinajstić information content (AvgIpc) is 2.71. The third-order valence-corrected chi connectivity index (χ3v) is 2.54. The Morgan fingerprint density at radius 1 is 1.40 bits per heavy atom. The summed E-state index contributed by atoms with van der Waals surface area (Å²) >= 11 is 0. The molecule has 2 N–H and O–H groups in total. The highest BCUT2D eigenvalue weighted by atomic mass is 15.5. The first-order valence-electron chi connectivity index (χ1n) is 4.85. The Morgan fingerprint density at radius 3 is 2.60 bits per heavy atom. The lowest BCUT2D eigenvalue weighted by atomic mass is 10.1. The zero-order valence-corrected chi connectivity index (χ0v) is 9.10. The van der Waals surface area contributed by atoms with Crippen molar-refractivity contribution in [1.29, 1.82) is 0 Å². The first-order chi connectivity index (χ1) is 7.15. The van der Waals surface area contributed by atoms with Gasteiger partial charge in [-0.15, -0.1) is 10.2 Å².